The predicted octanol–water partition coefficient (Wildman–Crippen LogP) is 2.06. The third-order valence-corrected chi connectivity index (χ3v) is 2.67. The Bertz CT molecular complexity index is 373. The number of rotatable bonds is 5. The van der Waals surface area contributed by atoms with E-state index >= 15 is 0 Å². The number of hydrogen-bond donors (Lipinski definition) is 0. The van der Waals surface area contributed by atoms with Crippen molar-refractivity contribution >= 4 is 23.1 Å². The fourth-order valence-corrected chi connectivity index (χ4v) is 1.72. The molecule has 0 N–H and O–H groups in total. The monoisotopic (exact) mass is 248 g/mol. The van der Waals surface area contributed by atoms with Gasteiger partial charge in [-0.2, -0.15) is 8.78 Å². The topological polar surface area (TPSA) is 43.4 Å². The van der Waals surface area contributed by atoms with Crippen molar-refractivity contribution < 1.29 is 23.1 Å². The Labute approximate surface area is 95.0 Å². The first-order chi connectivity index (χ1) is 7.48. The molecule has 0 aliphatic rings. The number of thiophene rings is 1. The highest BCUT2D eigenvalue weighted by Gasteiger charge is 2.48. The molecule has 1 aromatic heterocycles. The summed E-state index contributed by atoms with van der Waals surface area (Å²) in [5.74, 6) is -7.27. The Balaban J connectivity index is 2.68. The molecule has 0 amide bonds. The summed E-state index contributed by atoms with van der Waals surface area (Å²) < 4.78 is 30.5. The van der Waals surface area contributed by atoms with Gasteiger partial charge in [0, 0.05) is 11.3 Å². The van der Waals surface area contributed by atoms with Crippen molar-refractivity contribution in [2.24, 2.45) is 0 Å². The number of carbonyl (C=O) groups is 2. The first kappa shape index (κ1) is 12.8. The lowest BCUT2D eigenvalue weighted by atomic mass is 10.1. The van der Waals surface area contributed by atoms with Gasteiger partial charge < -0.3 is 4.74 Å². The van der Waals surface area contributed by atoms with Gasteiger partial charge in [0.1, 0.15) is 0 Å². The Morgan fingerprint density at radius 1 is 1.50 bits per heavy atom. The molecular weight excluding hydrogens is 238 g/mol. The maximum atomic E-state index is 13.2. The quantitative estimate of drug-likeness (QED) is 0.591. The fourth-order valence-electron chi connectivity index (χ4n) is 1.02. The Morgan fingerprint density at radius 3 is 2.69 bits per heavy atom. The number of hydrogen-bond acceptors (Lipinski definition) is 4. The SMILES string of the molecule is CCOC(=O)C(F)(F)C(=O)Cc1cccs1. The first-order valence-electron chi connectivity index (χ1n) is 4.59. The molecule has 1 rings (SSSR count). The van der Waals surface area contributed by atoms with Crippen LogP contribution in [0.5, 0.6) is 0 Å². The van der Waals surface area contributed by atoms with Crippen LogP contribution in [0, 0.1) is 0 Å². The second-order valence-electron chi connectivity index (χ2n) is 2.97. The lowest BCUT2D eigenvalue weighted by molar-refractivity contribution is -0.176. The summed E-state index contributed by atoms with van der Waals surface area (Å²) in [6, 6.07) is 3.21. The third-order valence-electron chi connectivity index (χ3n) is 1.80. The molecule has 0 aliphatic carbocycles. The predicted molar refractivity (Wildman–Crippen MR) is 54.6 cm³/mol. The molecule has 0 aliphatic heterocycles. The van der Waals surface area contributed by atoms with E-state index in [-0.39, 0.29) is 6.61 Å². The van der Waals surface area contributed by atoms with Crippen molar-refractivity contribution in [3.05, 3.63) is 22.4 Å². The minimum absolute atomic E-state index is 0.180. The van der Waals surface area contributed by atoms with Crippen LogP contribution in [0.1, 0.15) is 11.8 Å². The van der Waals surface area contributed by atoms with Crippen molar-refractivity contribution in [1.29, 1.82) is 0 Å². The number of Topliss-reactive ketones (excluding diaryl/α,β-unsaturated/α-hetero) is 1. The summed E-state index contributed by atoms with van der Waals surface area (Å²) in [6.07, 6.45) is -0.455. The van der Waals surface area contributed by atoms with Gasteiger partial charge in [-0.25, -0.2) is 4.79 Å². The van der Waals surface area contributed by atoms with Crippen molar-refractivity contribution in [1.82, 2.24) is 0 Å². The average Bonchev–Trinajstić information content (AvgIpc) is 2.70. The van der Waals surface area contributed by atoms with Gasteiger partial charge in [0.05, 0.1) is 6.61 Å². The van der Waals surface area contributed by atoms with Crippen LogP contribution in [0.3, 0.4) is 0 Å². The molecule has 0 aromatic carbocycles. The molecule has 1 heterocycles. The zero-order valence-electron chi connectivity index (χ0n) is 8.54. The van der Waals surface area contributed by atoms with Crippen LogP contribution >= 0.6 is 11.3 Å². The number of ether oxygens (including phenoxy) is 1. The summed E-state index contributed by atoms with van der Waals surface area (Å²) >= 11 is 1.19. The Hall–Kier alpha value is -1.30. The number of alkyl halides is 2. The number of esters is 1. The van der Waals surface area contributed by atoms with Gasteiger partial charge >= 0.3 is 11.9 Å². The smallest absolute Gasteiger partial charge is 0.400 e. The van der Waals surface area contributed by atoms with Crippen LogP contribution < -0.4 is 0 Å². The molecule has 1 aromatic rings. The highest BCUT2D eigenvalue weighted by Crippen LogP contribution is 2.21. The molecule has 0 saturated heterocycles. The largest absolute Gasteiger partial charge is 0.461 e. The Morgan fingerprint density at radius 2 is 2.19 bits per heavy atom. The van der Waals surface area contributed by atoms with Crippen molar-refractivity contribution in [2.75, 3.05) is 6.61 Å². The molecule has 6 heteroatoms. The van der Waals surface area contributed by atoms with Crippen LogP contribution in [-0.2, 0) is 20.7 Å². The standard InChI is InChI=1S/C10H10F2O3S/c1-2-15-9(14)10(11,12)8(13)6-7-4-3-5-16-7/h3-5H,2,6H2,1H3. The minimum atomic E-state index is -4.06. The molecular formula is C10H10F2O3S. The molecule has 3 nitrogen and oxygen atoms in total. The third kappa shape index (κ3) is 2.85. The van der Waals surface area contributed by atoms with Crippen LogP contribution in [0.15, 0.2) is 17.5 Å². The molecule has 0 atom stereocenters. The van der Waals surface area contributed by atoms with Gasteiger partial charge in [-0.05, 0) is 18.4 Å². The van der Waals surface area contributed by atoms with E-state index in [0.717, 1.165) is 0 Å². The summed E-state index contributed by atoms with van der Waals surface area (Å²) in [5, 5.41) is 1.67. The molecule has 0 spiro atoms. The maximum Gasteiger partial charge on any atom is 0.400 e. The van der Waals surface area contributed by atoms with E-state index in [9.17, 15) is 18.4 Å². The van der Waals surface area contributed by atoms with E-state index in [1.165, 1.54) is 18.3 Å². The van der Waals surface area contributed by atoms with Crippen molar-refractivity contribution in [3.8, 4) is 0 Å². The first-order valence-corrected chi connectivity index (χ1v) is 5.47. The van der Waals surface area contributed by atoms with Gasteiger partial charge in [0.25, 0.3) is 0 Å². The van der Waals surface area contributed by atoms with E-state index in [4.69, 9.17) is 0 Å². The van der Waals surface area contributed by atoms with Gasteiger partial charge in [-0.15, -0.1) is 11.3 Å². The van der Waals surface area contributed by atoms with Crippen molar-refractivity contribution in [3.63, 3.8) is 0 Å². The molecule has 16 heavy (non-hydrogen) atoms. The normalized spacial score (nSPS) is 11.2. The maximum absolute atomic E-state index is 13.2. The van der Waals surface area contributed by atoms with E-state index in [2.05, 4.69) is 4.74 Å². The van der Waals surface area contributed by atoms with Gasteiger partial charge in [0.2, 0.25) is 5.78 Å². The van der Waals surface area contributed by atoms with E-state index in [0.29, 0.717) is 4.88 Å². The number of halogens is 2. The zero-order valence-corrected chi connectivity index (χ0v) is 9.35. The fraction of sp³-hybridized carbons (Fsp3) is 0.400. The van der Waals surface area contributed by atoms with Crippen LogP contribution in [0.4, 0.5) is 8.78 Å². The molecule has 88 valence electrons. The van der Waals surface area contributed by atoms with Gasteiger partial charge in [-0.3, -0.25) is 4.79 Å². The van der Waals surface area contributed by atoms with Crippen molar-refractivity contribution in [2.45, 2.75) is 19.3 Å². The van der Waals surface area contributed by atoms with Gasteiger partial charge in [0.15, 0.2) is 0 Å². The Kier molecular flexibility index (Phi) is 4.12. The van der Waals surface area contributed by atoms with E-state index in [1.54, 1.807) is 17.5 Å². The second kappa shape index (κ2) is 5.16. The van der Waals surface area contributed by atoms with Gasteiger partial charge in [-0.1, -0.05) is 6.07 Å². The summed E-state index contributed by atoms with van der Waals surface area (Å²) in [7, 11) is 0. The molecule has 0 unspecified atom stereocenters. The average molecular weight is 248 g/mol. The van der Waals surface area contributed by atoms with Crippen LogP contribution in [0.2, 0.25) is 0 Å². The summed E-state index contributed by atoms with van der Waals surface area (Å²) in [6.45, 7) is 1.22. The van der Waals surface area contributed by atoms with Crippen LogP contribution in [0.25, 0.3) is 0 Å². The minimum Gasteiger partial charge on any atom is -0.461 e. The summed E-state index contributed by atoms with van der Waals surface area (Å²) in [5.41, 5.74) is 0. The molecule has 0 radical (unpaired) electrons. The van der Waals surface area contributed by atoms with Crippen LogP contribution in [-0.4, -0.2) is 24.3 Å². The van der Waals surface area contributed by atoms with E-state index < -0.39 is 24.1 Å². The van der Waals surface area contributed by atoms with E-state index in [1.807, 2.05) is 0 Å². The zero-order chi connectivity index (χ0) is 12.2. The summed E-state index contributed by atoms with van der Waals surface area (Å²) in [4.78, 5) is 22.5. The lowest BCUT2D eigenvalue weighted by Crippen LogP contribution is -2.40. The number of carbonyl (C=O) groups excluding carboxylic acids is 2. The molecule has 0 bridgehead atoms. The highest BCUT2D eigenvalue weighted by molar-refractivity contribution is 7.10. The number of ketones is 1. The lowest BCUT2D eigenvalue weighted by Gasteiger charge is -2.12. The second-order valence-corrected chi connectivity index (χ2v) is 4.01. The highest BCUT2D eigenvalue weighted by atomic mass is 32.1. The molecule has 0 fully saturated rings. The molecule has 0 saturated carbocycles.